The van der Waals surface area contributed by atoms with E-state index in [0.29, 0.717) is 11.9 Å². The van der Waals surface area contributed by atoms with Gasteiger partial charge in [0.1, 0.15) is 0 Å². The summed E-state index contributed by atoms with van der Waals surface area (Å²) in [6.07, 6.45) is 1.92. The average Bonchev–Trinajstić information content (AvgIpc) is 2.52. The Bertz CT molecular complexity index is 454. The van der Waals surface area contributed by atoms with Crippen LogP contribution in [0.5, 0.6) is 0 Å². The number of nitrogens with one attached hydrogen (secondary N) is 1. The molecular weight excluding hydrogens is 298 g/mol. The number of carbonyl (C=O) groups excluding carboxylic acids is 1. The van der Waals surface area contributed by atoms with Crippen molar-refractivity contribution < 1.29 is 4.79 Å². The summed E-state index contributed by atoms with van der Waals surface area (Å²) in [5, 5.41) is 3.40. The number of anilines is 1. The van der Waals surface area contributed by atoms with Gasteiger partial charge in [-0.15, -0.1) is 12.4 Å². The lowest BCUT2D eigenvalue weighted by Gasteiger charge is -2.31. The molecule has 1 aromatic rings. The predicted molar refractivity (Wildman–Crippen MR) is 94.8 cm³/mol. The topological polar surface area (TPSA) is 35.6 Å². The number of rotatable bonds is 5. The molecule has 0 unspecified atom stereocenters. The van der Waals surface area contributed by atoms with E-state index in [1.54, 1.807) is 0 Å². The lowest BCUT2D eigenvalue weighted by Crippen LogP contribution is -2.44. The van der Waals surface area contributed by atoms with E-state index in [1.807, 2.05) is 30.1 Å². The van der Waals surface area contributed by atoms with Gasteiger partial charge in [0.2, 0.25) is 5.91 Å². The molecule has 1 fully saturated rings. The molecule has 0 aromatic heterocycles. The first-order valence-electron chi connectivity index (χ1n) is 7.82. The Morgan fingerprint density at radius 3 is 2.55 bits per heavy atom. The summed E-state index contributed by atoms with van der Waals surface area (Å²) in [5.41, 5.74) is 1.19. The van der Waals surface area contributed by atoms with E-state index in [-0.39, 0.29) is 18.3 Å². The van der Waals surface area contributed by atoms with E-state index in [1.165, 1.54) is 5.69 Å². The van der Waals surface area contributed by atoms with Crippen LogP contribution in [0.25, 0.3) is 0 Å². The van der Waals surface area contributed by atoms with Crippen LogP contribution in [0.2, 0.25) is 0 Å². The van der Waals surface area contributed by atoms with Crippen molar-refractivity contribution in [2.75, 3.05) is 38.6 Å². The van der Waals surface area contributed by atoms with Crippen LogP contribution in [0.4, 0.5) is 5.69 Å². The molecule has 0 radical (unpaired) electrons. The minimum absolute atomic E-state index is 0. The summed E-state index contributed by atoms with van der Waals surface area (Å²) in [6, 6.07) is 10.7. The van der Waals surface area contributed by atoms with Crippen molar-refractivity contribution in [1.29, 1.82) is 0 Å². The average molecular weight is 326 g/mol. The van der Waals surface area contributed by atoms with Crippen LogP contribution in [0.15, 0.2) is 30.3 Å². The summed E-state index contributed by atoms with van der Waals surface area (Å²) in [6.45, 7) is 4.73. The van der Waals surface area contributed by atoms with E-state index < -0.39 is 0 Å². The fraction of sp³-hybridized carbons (Fsp3) is 0.588. The molecule has 1 heterocycles. The number of nitrogens with zero attached hydrogens (tertiary/aromatic N) is 2. The van der Waals surface area contributed by atoms with E-state index in [2.05, 4.69) is 36.3 Å². The zero-order chi connectivity index (χ0) is 15.2. The second kappa shape index (κ2) is 9.01. The maximum absolute atomic E-state index is 12.5. The van der Waals surface area contributed by atoms with Crippen LogP contribution in [0, 0.1) is 5.92 Å². The van der Waals surface area contributed by atoms with Gasteiger partial charge in [0.15, 0.2) is 0 Å². The Labute approximate surface area is 140 Å². The normalized spacial score (nSPS) is 20.9. The van der Waals surface area contributed by atoms with Crippen LogP contribution in [-0.4, -0.2) is 50.6 Å². The number of halogens is 1. The Morgan fingerprint density at radius 1 is 1.23 bits per heavy atom. The third-order valence-corrected chi connectivity index (χ3v) is 4.32. The van der Waals surface area contributed by atoms with Crippen molar-refractivity contribution in [2.24, 2.45) is 5.92 Å². The SMILES string of the molecule is C[C@H]1C[C@@H](C(=O)N(C)CCN(C)c2ccccc2)CCN1.Cl. The fourth-order valence-electron chi connectivity index (χ4n) is 2.89. The van der Waals surface area contributed by atoms with Gasteiger partial charge in [-0.2, -0.15) is 0 Å². The van der Waals surface area contributed by atoms with Crippen LogP contribution in [0.3, 0.4) is 0 Å². The van der Waals surface area contributed by atoms with E-state index in [0.717, 1.165) is 32.5 Å². The maximum atomic E-state index is 12.5. The van der Waals surface area contributed by atoms with Crippen LogP contribution >= 0.6 is 12.4 Å². The molecule has 1 saturated heterocycles. The molecule has 22 heavy (non-hydrogen) atoms. The number of amides is 1. The van der Waals surface area contributed by atoms with Gasteiger partial charge in [-0.05, 0) is 38.4 Å². The second-order valence-electron chi connectivity index (χ2n) is 6.09. The quantitative estimate of drug-likeness (QED) is 0.903. The molecule has 0 aliphatic carbocycles. The van der Waals surface area contributed by atoms with Gasteiger partial charge in [-0.25, -0.2) is 0 Å². The lowest BCUT2D eigenvalue weighted by atomic mass is 9.92. The van der Waals surface area contributed by atoms with Gasteiger partial charge in [-0.3, -0.25) is 4.79 Å². The van der Waals surface area contributed by atoms with E-state index >= 15 is 0 Å². The number of piperidine rings is 1. The van der Waals surface area contributed by atoms with Crippen molar-refractivity contribution in [3.8, 4) is 0 Å². The molecule has 1 N–H and O–H groups in total. The molecule has 5 heteroatoms. The van der Waals surface area contributed by atoms with Gasteiger partial charge in [-0.1, -0.05) is 18.2 Å². The zero-order valence-electron chi connectivity index (χ0n) is 13.8. The molecule has 0 spiro atoms. The number of hydrogen-bond acceptors (Lipinski definition) is 3. The lowest BCUT2D eigenvalue weighted by molar-refractivity contribution is -0.135. The monoisotopic (exact) mass is 325 g/mol. The summed E-state index contributed by atoms with van der Waals surface area (Å²) in [4.78, 5) is 16.6. The van der Waals surface area contributed by atoms with Gasteiger partial charge in [0.25, 0.3) is 0 Å². The minimum atomic E-state index is 0. The molecule has 1 aromatic carbocycles. The highest BCUT2D eigenvalue weighted by atomic mass is 35.5. The molecule has 1 amide bonds. The molecule has 0 bridgehead atoms. The number of likely N-dealkylation sites (N-methyl/N-ethyl adjacent to an activating group) is 2. The first kappa shape index (κ1) is 18.8. The Balaban J connectivity index is 0.00000242. The van der Waals surface area contributed by atoms with Crippen molar-refractivity contribution in [3.05, 3.63) is 30.3 Å². The third-order valence-electron chi connectivity index (χ3n) is 4.32. The van der Waals surface area contributed by atoms with E-state index in [4.69, 9.17) is 0 Å². The van der Waals surface area contributed by atoms with Crippen molar-refractivity contribution in [2.45, 2.75) is 25.8 Å². The largest absolute Gasteiger partial charge is 0.373 e. The van der Waals surface area contributed by atoms with Gasteiger partial charge >= 0.3 is 0 Å². The van der Waals surface area contributed by atoms with Crippen molar-refractivity contribution in [3.63, 3.8) is 0 Å². The second-order valence-corrected chi connectivity index (χ2v) is 6.09. The summed E-state index contributed by atoms with van der Waals surface area (Å²) in [5.74, 6) is 0.484. The first-order chi connectivity index (χ1) is 10.1. The summed E-state index contributed by atoms with van der Waals surface area (Å²) < 4.78 is 0. The van der Waals surface area contributed by atoms with Crippen LogP contribution < -0.4 is 10.2 Å². The zero-order valence-corrected chi connectivity index (χ0v) is 14.6. The fourth-order valence-corrected chi connectivity index (χ4v) is 2.89. The highest BCUT2D eigenvalue weighted by Gasteiger charge is 2.26. The summed E-state index contributed by atoms with van der Waals surface area (Å²) >= 11 is 0. The number of hydrogen-bond donors (Lipinski definition) is 1. The molecular formula is C17H28ClN3O. The van der Waals surface area contributed by atoms with Crippen LogP contribution in [0.1, 0.15) is 19.8 Å². The van der Waals surface area contributed by atoms with Gasteiger partial charge < -0.3 is 15.1 Å². The molecule has 1 aliphatic rings. The van der Waals surface area contributed by atoms with Crippen LogP contribution in [-0.2, 0) is 4.79 Å². The highest BCUT2D eigenvalue weighted by Crippen LogP contribution is 2.18. The number of carbonyl (C=O) groups is 1. The van der Waals surface area contributed by atoms with Crippen molar-refractivity contribution >= 4 is 24.0 Å². The standard InChI is InChI=1S/C17H27N3O.ClH/c1-14-13-15(9-10-18-14)17(21)20(3)12-11-19(2)16-7-5-4-6-8-16;/h4-8,14-15,18H,9-13H2,1-3H3;1H/t14-,15-;/m0./s1. The highest BCUT2D eigenvalue weighted by molar-refractivity contribution is 5.85. The Morgan fingerprint density at radius 2 is 1.91 bits per heavy atom. The maximum Gasteiger partial charge on any atom is 0.225 e. The van der Waals surface area contributed by atoms with Gasteiger partial charge in [0.05, 0.1) is 0 Å². The minimum Gasteiger partial charge on any atom is -0.373 e. The first-order valence-corrected chi connectivity index (χ1v) is 7.82. The summed E-state index contributed by atoms with van der Waals surface area (Å²) in [7, 11) is 3.99. The van der Waals surface area contributed by atoms with E-state index in [9.17, 15) is 4.79 Å². The third kappa shape index (κ3) is 5.18. The van der Waals surface area contributed by atoms with Crippen molar-refractivity contribution in [1.82, 2.24) is 10.2 Å². The predicted octanol–water partition coefficient (Wildman–Crippen LogP) is 2.39. The molecule has 124 valence electrons. The molecule has 1 aliphatic heterocycles. The number of benzene rings is 1. The smallest absolute Gasteiger partial charge is 0.225 e. The number of para-hydroxylation sites is 1. The molecule has 2 atom stereocenters. The molecule has 0 saturated carbocycles. The Kier molecular flexibility index (Phi) is 7.69. The Hall–Kier alpha value is -1.26. The molecule has 2 rings (SSSR count). The van der Waals surface area contributed by atoms with Gasteiger partial charge in [0, 0.05) is 44.8 Å². The molecule has 4 nitrogen and oxygen atoms in total.